The summed E-state index contributed by atoms with van der Waals surface area (Å²) in [5.41, 5.74) is 0. The van der Waals surface area contributed by atoms with E-state index in [0.29, 0.717) is 19.3 Å². The van der Waals surface area contributed by atoms with E-state index in [-0.39, 0.29) is 25.9 Å². The van der Waals surface area contributed by atoms with Crippen molar-refractivity contribution in [3.05, 3.63) is 72.9 Å². The topological polar surface area (TPSA) is 155 Å². The molecule has 0 rings (SSSR count). The highest BCUT2D eigenvalue weighted by Gasteiger charge is 2.28. The van der Waals surface area contributed by atoms with Gasteiger partial charge in [0, 0.05) is 19.3 Å². The average molecular weight is 977 g/mol. The number of allylic oxidation sites excluding steroid dienone is 12. The second-order valence-corrected chi connectivity index (χ2v) is 19.1. The first-order valence-electron chi connectivity index (χ1n) is 26.8. The molecule has 0 aliphatic rings. The van der Waals surface area contributed by atoms with E-state index in [9.17, 15) is 28.9 Å². The lowest BCUT2D eigenvalue weighted by Gasteiger charge is -2.21. The fourth-order valence-electron chi connectivity index (χ4n) is 7.03. The van der Waals surface area contributed by atoms with Crippen molar-refractivity contribution in [2.45, 2.75) is 238 Å². The van der Waals surface area contributed by atoms with Gasteiger partial charge in [-0.05, 0) is 83.5 Å². The van der Waals surface area contributed by atoms with Crippen molar-refractivity contribution in [2.24, 2.45) is 0 Å². The highest BCUT2D eigenvalue weighted by Crippen LogP contribution is 2.43. The van der Waals surface area contributed by atoms with Gasteiger partial charge in [0.05, 0.1) is 19.8 Å². The molecule has 11 nitrogen and oxygen atoms in total. The minimum Gasteiger partial charge on any atom is -0.462 e. The molecule has 0 aliphatic heterocycles. The van der Waals surface area contributed by atoms with Crippen molar-refractivity contribution < 1.29 is 52.2 Å². The molecular weight excluding hydrogens is 880 g/mol. The SMILES string of the molecule is CC/C=C\C/C=C\C/C=C\C/C=C\CCCCCCC(=O)OC(COC(=O)CCCCCCC/C=C\C/C=C\CCC)COP(=O)(O)OCC(CO)OC(=O)CCCCCCCCCCCCC. The summed E-state index contributed by atoms with van der Waals surface area (Å²) in [5.74, 6) is -1.51. The van der Waals surface area contributed by atoms with Crippen LogP contribution >= 0.6 is 7.82 Å². The molecule has 3 unspecified atom stereocenters. The molecule has 0 saturated carbocycles. The zero-order valence-electron chi connectivity index (χ0n) is 43.1. The van der Waals surface area contributed by atoms with E-state index in [2.05, 4.69) is 93.7 Å². The lowest BCUT2D eigenvalue weighted by Crippen LogP contribution is -2.30. The molecule has 2 N–H and O–H groups in total. The molecule has 0 aromatic rings. The Labute approximate surface area is 414 Å². The molecule has 0 radical (unpaired) electrons. The number of aliphatic hydroxyl groups excluding tert-OH is 1. The summed E-state index contributed by atoms with van der Waals surface area (Å²) in [5, 5.41) is 9.77. The third kappa shape index (κ3) is 48.0. The number of aliphatic hydroxyl groups is 1. The van der Waals surface area contributed by atoms with Gasteiger partial charge in [0.2, 0.25) is 0 Å². The van der Waals surface area contributed by atoms with Gasteiger partial charge in [0.25, 0.3) is 0 Å². The smallest absolute Gasteiger partial charge is 0.462 e. The Morgan fingerprint density at radius 2 is 0.794 bits per heavy atom. The Kier molecular flexibility index (Phi) is 48.0. The Morgan fingerprint density at radius 3 is 1.24 bits per heavy atom. The molecular formula is C56H97O11P. The van der Waals surface area contributed by atoms with Crippen molar-refractivity contribution in [3.63, 3.8) is 0 Å². The zero-order chi connectivity index (χ0) is 49.9. The third-order valence-corrected chi connectivity index (χ3v) is 12.0. The third-order valence-electron chi connectivity index (χ3n) is 11.1. The van der Waals surface area contributed by atoms with E-state index in [1.807, 2.05) is 0 Å². The first kappa shape index (κ1) is 64.9. The van der Waals surface area contributed by atoms with Crippen LogP contribution in [-0.2, 0) is 42.2 Å². The molecule has 68 heavy (non-hydrogen) atoms. The van der Waals surface area contributed by atoms with Crippen LogP contribution < -0.4 is 0 Å². The van der Waals surface area contributed by atoms with Crippen LogP contribution in [0.2, 0.25) is 0 Å². The number of hydrogen-bond donors (Lipinski definition) is 2. The predicted octanol–water partition coefficient (Wildman–Crippen LogP) is 15.4. The van der Waals surface area contributed by atoms with Gasteiger partial charge >= 0.3 is 25.7 Å². The lowest BCUT2D eigenvalue weighted by atomic mass is 10.1. The number of phosphoric acid groups is 1. The number of carbonyl (C=O) groups is 3. The Balaban J connectivity index is 4.80. The molecule has 0 aliphatic carbocycles. The van der Waals surface area contributed by atoms with E-state index >= 15 is 0 Å². The summed E-state index contributed by atoms with van der Waals surface area (Å²) in [4.78, 5) is 48.3. The zero-order valence-corrected chi connectivity index (χ0v) is 43.9. The van der Waals surface area contributed by atoms with Crippen LogP contribution in [0.1, 0.15) is 226 Å². The van der Waals surface area contributed by atoms with Crippen molar-refractivity contribution in [1.82, 2.24) is 0 Å². The number of unbranched alkanes of at least 4 members (excludes halogenated alkanes) is 20. The summed E-state index contributed by atoms with van der Waals surface area (Å²) in [7, 11) is -4.75. The van der Waals surface area contributed by atoms with Gasteiger partial charge in [-0.3, -0.25) is 23.4 Å². The maximum atomic E-state index is 12.9. The Hall–Kier alpha value is -3.08. The minimum atomic E-state index is -4.75. The molecule has 0 amide bonds. The number of hydrogen-bond acceptors (Lipinski definition) is 10. The van der Waals surface area contributed by atoms with Gasteiger partial charge in [-0.2, -0.15) is 0 Å². The number of phosphoric ester groups is 1. The monoisotopic (exact) mass is 977 g/mol. The van der Waals surface area contributed by atoms with Crippen LogP contribution in [0.5, 0.6) is 0 Å². The average Bonchev–Trinajstić information content (AvgIpc) is 3.32. The quantitative estimate of drug-likeness (QED) is 0.0197. The van der Waals surface area contributed by atoms with Crippen LogP contribution in [-0.4, -0.2) is 66.5 Å². The molecule has 0 saturated heterocycles. The maximum Gasteiger partial charge on any atom is 0.472 e. The van der Waals surface area contributed by atoms with Gasteiger partial charge in [0.15, 0.2) is 6.10 Å². The molecule has 0 fully saturated rings. The predicted molar refractivity (Wildman–Crippen MR) is 279 cm³/mol. The van der Waals surface area contributed by atoms with Crippen LogP contribution in [0.15, 0.2) is 72.9 Å². The Bertz CT molecular complexity index is 1420. The normalized spacial score (nSPS) is 14.0. The van der Waals surface area contributed by atoms with Gasteiger partial charge in [-0.1, -0.05) is 196 Å². The van der Waals surface area contributed by atoms with Crippen molar-refractivity contribution in [3.8, 4) is 0 Å². The van der Waals surface area contributed by atoms with Gasteiger partial charge in [0.1, 0.15) is 12.7 Å². The van der Waals surface area contributed by atoms with Crippen LogP contribution in [0, 0.1) is 0 Å². The standard InChI is InChI=1S/C56H97O11P/c1-4-7-10-13-16-19-22-24-25-26-27-29-32-35-38-41-44-47-56(60)67-53(49-63-54(58)45-42-39-36-33-31-28-23-20-17-14-11-8-5-2)51-65-68(61,62)64-50-52(48-57)66-55(59)46-43-40-37-34-30-21-18-15-12-9-6-3/h7,10-11,14,16,19-20,23-25,27,29,52-53,57H,4-6,8-9,12-13,15,17-18,21-22,26,28,30-51H2,1-3H3,(H,61,62)/b10-7-,14-11-,19-16-,23-20-,25-24-,29-27-. The van der Waals surface area contributed by atoms with E-state index in [1.165, 1.54) is 51.4 Å². The van der Waals surface area contributed by atoms with Gasteiger partial charge < -0.3 is 24.2 Å². The van der Waals surface area contributed by atoms with Gasteiger partial charge in [-0.25, -0.2) is 4.57 Å². The number of ether oxygens (including phenoxy) is 3. The van der Waals surface area contributed by atoms with Crippen LogP contribution in [0.3, 0.4) is 0 Å². The number of esters is 3. The first-order valence-corrected chi connectivity index (χ1v) is 28.3. The second kappa shape index (κ2) is 50.3. The summed E-state index contributed by atoms with van der Waals surface area (Å²) < 4.78 is 39.4. The summed E-state index contributed by atoms with van der Waals surface area (Å²) in [6, 6.07) is 0. The molecule has 392 valence electrons. The molecule has 0 spiro atoms. The summed E-state index contributed by atoms with van der Waals surface area (Å²) in [6.45, 7) is 4.40. The fourth-order valence-corrected chi connectivity index (χ4v) is 7.82. The molecule has 0 aromatic heterocycles. The highest BCUT2D eigenvalue weighted by molar-refractivity contribution is 7.47. The molecule has 12 heteroatoms. The highest BCUT2D eigenvalue weighted by atomic mass is 31.2. The Morgan fingerprint density at radius 1 is 0.426 bits per heavy atom. The van der Waals surface area contributed by atoms with E-state index in [0.717, 1.165) is 116 Å². The van der Waals surface area contributed by atoms with E-state index in [1.54, 1.807) is 0 Å². The largest absolute Gasteiger partial charge is 0.472 e. The summed E-state index contributed by atoms with van der Waals surface area (Å²) in [6.07, 6.45) is 54.4. The van der Waals surface area contributed by atoms with E-state index in [4.69, 9.17) is 23.3 Å². The summed E-state index contributed by atoms with van der Waals surface area (Å²) >= 11 is 0. The van der Waals surface area contributed by atoms with Crippen molar-refractivity contribution in [2.75, 3.05) is 26.4 Å². The first-order chi connectivity index (χ1) is 33.2. The molecule has 0 aromatic carbocycles. The van der Waals surface area contributed by atoms with Gasteiger partial charge in [-0.15, -0.1) is 0 Å². The number of rotatable bonds is 49. The molecule has 0 bridgehead atoms. The maximum absolute atomic E-state index is 12.9. The fraction of sp³-hybridized carbons (Fsp3) is 0.732. The molecule has 0 heterocycles. The van der Waals surface area contributed by atoms with Crippen molar-refractivity contribution >= 4 is 25.7 Å². The molecule has 3 atom stereocenters. The van der Waals surface area contributed by atoms with Crippen LogP contribution in [0.25, 0.3) is 0 Å². The van der Waals surface area contributed by atoms with Crippen molar-refractivity contribution in [1.29, 1.82) is 0 Å². The lowest BCUT2D eigenvalue weighted by molar-refractivity contribution is -0.161. The number of carbonyl (C=O) groups excluding carboxylic acids is 3. The van der Waals surface area contributed by atoms with E-state index < -0.39 is 57.8 Å². The second-order valence-electron chi connectivity index (χ2n) is 17.7. The minimum absolute atomic E-state index is 0.135. The van der Waals surface area contributed by atoms with Crippen LogP contribution in [0.4, 0.5) is 0 Å².